The van der Waals surface area contributed by atoms with Crippen LogP contribution >= 0.6 is 0 Å². The first-order chi connectivity index (χ1) is 10.2. The van der Waals surface area contributed by atoms with Crippen LogP contribution in [-0.2, 0) is 4.79 Å². The second-order valence-corrected chi connectivity index (χ2v) is 6.56. The van der Waals surface area contributed by atoms with Gasteiger partial charge in [0.2, 0.25) is 11.8 Å². The third kappa shape index (κ3) is 2.67. The first-order valence-electron chi connectivity index (χ1n) is 7.83. The molecule has 0 aromatic carbocycles. The van der Waals surface area contributed by atoms with Gasteiger partial charge in [-0.15, -0.1) is 5.10 Å². The zero-order chi connectivity index (χ0) is 14.4. The normalized spacial score (nSPS) is 32.3. The minimum absolute atomic E-state index is 0.0756. The van der Waals surface area contributed by atoms with E-state index in [2.05, 4.69) is 20.4 Å². The molecule has 1 saturated carbocycles. The molecule has 21 heavy (non-hydrogen) atoms. The largest absolute Gasteiger partial charge is 0.408 e. The lowest BCUT2D eigenvalue weighted by Gasteiger charge is -2.36. The summed E-state index contributed by atoms with van der Waals surface area (Å²) in [6, 6.07) is 1.42. The lowest BCUT2D eigenvalue weighted by atomic mass is 9.98. The molecule has 7 heteroatoms. The highest BCUT2D eigenvalue weighted by Gasteiger charge is 2.40. The maximum Gasteiger partial charge on any atom is 0.322 e. The molecule has 7 nitrogen and oxygen atoms in total. The Kier molecular flexibility index (Phi) is 3.19. The van der Waals surface area contributed by atoms with E-state index in [9.17, 15) is 4.79 Å². The number of hydrogen-bond donors (Lipinski definition) is 2. The fraction of sp³-hybridized carbons (Fsp3) is 0.786. The molecular formula is C14H21N5O2. The molecule has 4 rings (SSSR count). The van der Waals surface area contributed by atoms with Gasteiger partial charge in [-0.05, 0) is 38.5 Å². The minimum atomic E-state index is -0.0756. The van der Waals surface area contributed by atoms with Crippen LogP contribution in [-0.4, -0.2) is 45.7 Å². The van der Waals surface area contributed by atoms with Gasteiger partial charge < -0.3 is 10.2 Å². The van der Waals surface area contributed by atoms with Crippen LogP contribution in [0, 0.1) is 0 Å². The van der Waals surface area contributed by atoms with Gasteiger partial charge in [-0.2, -0.15) is 0 Å². The van der Waals surface area contributed by atoms with Crippen LogP contribution in [0.2, 0.25) is 0 Å². The topological polar surface area (TPSA) is 97.3 Å². The summed E-state index contributed by atoms with van der Waals surface area (Å²) in [5.74, 6) is 0.977. The van der Waals surface area contributed by atoms with Crippen molar-refractivity contribution in [3.05, 3.63) is 5.89 Å². The first kappa shape index (κ1) is 13.2. The summed E-state index contributed by atoms with van der Waals surface area (Å²) in [6.07, 6.45) is 6.50. The molecule has 2 aliphatic heterocycles. The summed E-state index contributed by atoms with van der Waals surface area (Å²) < 4.78 is 5.46. The SMILES string of the molecule is NC1CC2CCC(C1)N2CC(=O)Nc1nnc(C2CC2)o1. The van der Waals surface area contributed by atoms with Gasteiger partial charge in [0.1, 0.15) is 0 Å². The number of fused-ring (bicyclic) bond motifs is 2. The van der Waals surface area contributed by atoms with Gasteiger partial charge in [0.25, 0.3) is 0 Å². The molecule has 3 aliphatic rings. The van der Waals surface area contributed by atoms with Crippen LogP contribution in [0.3, 0.4) is 0 Å². The van der Waals surface area contributed by atoms with Crippen LogP contribution in [0.4, 0.5) is 6.01 Å². The lowest BCUT2D eigenvalue weighted by molar-refractivity contribution is -0.118. The third-order valence-corrected chi connectivity index (χ3v) is 4.86. The molecule has 3 heterocycles. The summed E-state index contributed by atoms with van der Waals surface area (Å²) in [7, 11) is 0. The number of nitrogens with one attached hydrogen (secondary N) is 1. The molecule has 1 aromatic heterocycles. The number of hydrogen-bond acceptors (Lipinski definition) is 6. The fourth-order valence-electron chi connectivity index (χ4n) is 3.68. The predicted molar refractivity (Wildman–Crippen MR) is 75.6 cm³/mol. The Morgan fingerprint density at radius 2 is 1.95 bits per heavy atom. The molecule has 2 atom stereocenters. The Bertz CT molecular complexity index is 527. The molecular weight excluding hydrogens is 270 g/mol. The molecule has 1 aliphatic carbocycles. The number of rotatable bonds is 4. The maximum absolute atomic E-state index is 12.2. The number of carbonyl (C=O) groups is 1. The van der Waals surface area contributed by atoms with E-state index in [4.69, 9.17) is 10.2 Å². The Hall–Kier alpha value is -1.47. The van der Waals surface area contributed by atoms with Crippen LogP contribution in [0.15, 0.2) is 4.42 Å². The number of amides is 1. The number of anilines is 1. The van der Waals surface area contributed by atoms with Gasteiger partial charge in [-0.25, -0.2) is 0 Å². The average Bonchev–Trinajstić information content (AvgIpc) is 3.15. The number of nitrogens with two attached hydrogens (primary N) is 1. The van der Waals surface area contributed by atoms with Crippen molar-refractivity contribution in [2.45, 2.75) is 62.6 Å². The average molecular weight is 291 g/mol. The second-order valence-electron chi connectivity index (χ2n) is 6.56. The van der Waals surface area contributed by atoms with Crippen LogP contribution < -0.4 is 11.1 Å². The molecule has 3 N–H and O–H groups in total. The molecule has 0 spiro atoms. The summed E-state index contributed by atoms with van der Waals surface area (Å²) in [4.78, 5) is 14.5. The third-order valence-electron chi connectivity index (χ3n) is 4.86. The first-order valence-corrected chi connectivity index (χ1v) is 7.83. The molecule has 2 unspecified atom stereocenters. The quantitative estimate of drug-likeness (QED) is 0.853. The van der Waals surface area contributed by atoms with E-state index in [-0.39, 0.29) is 11.9 Å². The predicted octanol–water partition coefficient (Wildman–Crippen LogP) is 0.840. The monoisotopic (exact) mass is 291 g/mol. The Morgan fingerprint density at radius 1 is 1.24 bits per heavy atom. The Morgan fingerprint density at radius 3 is 2.62 bits per heavy atom. The minimum Gasteiger partial charge on any atom is -0.408 e. The van der Waals surface area contributed by atoms with Crippen molar-refractivity contribution in [1.29, 1.82) is 0 Å². The molecule has 114 valence electrons. The number of nitrogens with zero attached hydrogens (tertiary/aromatic N) is 3. The van der Waals surface area contributed by atoms with Crippen molar-refractivity contribution in [1.82, 2.24) is 15.1 Å². The van der Waals surface area contributed by atoms with Crippen LogP contribution in [0.25, 0.3) is 0 Å². The van der Waals surface area contributed by atoms with Gasteiger partial charge in [-0.3, -0.25) is 15.0 Å². The zero-order valence-corrected chi connectivity index (χ0v) is 12.0. The lowest BCUT2D eigenvalue weighted by Crippen LogP contribution is -2.49. The van der Waals surface area contributed by atoms with Crippen molar-refractivity contribution in [2.24, 2.45) is 5.73 Å². The smallest absolute Gasteiger partial charge is 0.322 e. The molecule has 0 radical (unpaired) electrons. The van der Waals surface area contributed by atoms with Crippen LogP contribution in [0.5, 0.6) is 0 Å². The molecule has 3 fully saturated rings. The standard InChI is InChI=1S/C14H21N5O2/c15-9-5-10-3-4-11(6-9)19(10)7-12(20)16-14-18-17-13(21-14)8-1-2-8/h8-11H,1-7,15H2,(H,16,18,20). The van der Waals surface area contributed by atoms with E-state index in [1.54, 1.807) is 0 Å². The Balaban J connectivity index is 1.35. The molecule has 1 aromatic rings. The van der Waals surface area contributed by atoms with Gasteiger partial charge >= 0.3 is 6.01 Å². The van der Waals surface area contributed by atoms with Crippen molar-refractivity contribution in [3.63, 3.8) is 0 Å². The van der Waals surface area contributed by atoms with Gasteiger partial charge in [0.15, 0.2) is 0 Å². The van der Waals surface area contributed by atoms with E-state index in [0.29, 0.717) is 36.5 Å². The number of piperidine rings is 1. The number of carbonyl (C=O) groups excluding carboxylic acids is 1. The van der Waals surface area contributed by atoms with Crippen molar-refractivity contribution < 1.29 is 9.21 Å². The zero-order valence-electron chi connectivity index (χ0n) is 12.0. The van der Waals surface area contributed by atoms with E-state index >= 15 is 0 Å². The summed E-state index contributed by atoms with van der Waals surface area (Å²) in [6.45, 7) is 0.392. The van der Waals surface area contributed by atoms with E-state index < -0.39 is 0 Å². The van der Waals surface area contributed by atoms with Gasteiger partial charge in [0, 0.05) is 24.0 Å². The molecule has 2 saturated heterocycles. The summed E-state index contributed by atoms with van der Waals surface area (Å²) in [5, 5.41) is 10.6. The highest BCUT2D eigenvalue weighted by Crippen LogP contribution is 2.39. The van der Waals surface area contributed by atoms with Crippen LogP contribution in [0.1, 0.15) is 50.3 Å². The van der Waals surface area contributed by atoms with E-state index in [1.807, 2.05) is 0 Å². The molecule has 2 bridgehead atoms. The summed E-state index contributed by atoms with van der Waals surface area (Å²) in [5.41, 5.74) is 6.05. The number of aromatic nitrogens is 2. The van der Waals surface area contributed by atoms with Crippen molar-refractivity contribution in [3.8, 4) is 0 Å². The highest BCUT2D eigenvalue weighted by atomic mass is 16.4. The molecule has 1 amide bonds. The van der Waals surface area contributed by atoms with Gasteiger partial charge in [-0.1, -0.05) is 5.10 Å². The Labute approximate surface area is 123 Å². The fourth-order valence-corrected chi connectivity index (χ4v) is 3.68. The van der Waals surface area contributed by atoms with Gasteiger partial charge in [0.05, 0.1) is 6.54 Å². The van der Waals surface area contributed by atoms with Crippen molar-refractivity contribution in [2.75, 3.05) is 11.9 Å². The van der Waals surface area contributed by atoms with Crippen molar-refractivity contribution >= 4 is 11.9 Å². The highest BCUT2D eigenvalue weighted by molar-refractivity contribution is 5.90. The summed E-state index contributed by atoms with van der Waals surface area (Å²) >= 11 is 0. The van der Waals surface area contributed by atoms with E-state index in [1.165, 1.54) is 0 Å². The van der Waals surface area contributed by atoms with E-state index in [0.717, 1.165) is 38.5 Å². The maximum atomic E-state index is 12.2. The second kappa shape index (κ2) is 5.06.